The van der Waals surface area contributed by atoms with Crippen molar-refractivity contribution in [3.05, 3.63) is 0 Å². The van der Waals surface area contributed by atoms with Gasteiger partial charge in [0.25, 0.3) is 0 Å². The number of hydrogen-bond donors (Lipinski definition) is 3. The van der Waals surface area contributed by atoms with Crippen LogP contribution in [0.15, 0.2) is 0 Å². The Bertz CT molecular complexity index is 57.7. The van der Waals surface area contributed by atoms with E-state index < -0.39 is 11.7 Å². The van der Waals surface area contributed by atoms with E-state index in [9.17, 15) is 0 Å². The van der Waals surface area contributed by atoms with Gasteiger partial charge in [-0.15, -0.1) is 0 Å². The van der Waals surface area contributed by atoms with Crippen molar-refractivity contribution in [2.24, 2.45) is 0 Å². The predicted molar refractivity (Wildman–Crippen MR) is 40.7 cm³/mol. The minimum atomic E-state index is -0.560. The van der Waals surface area contributed by atoms with Gasteiger partial charge in [-0.1, -0.05) is 0 Å². The van der Waals surface area contributed by atoms with Crippen molar-refractivity contribution >= 4 is 0 Å². The van der Waals surface area contributed by atoms with Gasteiger partial charge in [0.1, 0.15) is 0 Å². The summed E-state index contributed by atoms with van der Waals surface area (Å²) >= 11 is 0. The maximum atomic E-state index is 8.52. The van der Waals surface area contributed by atoms with Crippen molar-refractivity contribution in [3.8, 4) is 0 Å². The van der Waals surface area contributed by atoms with Crippen LogP contribution >= 0.6 is 0 Å². The van der Waals surface area contributed by atoms with Crippen molar-refractivity contribution in [1.82, 2.24) is 0 Å². The van der Waals surface area contributed by atoms with Crippen LogP contribution in [0.3, 0.4) is 0 Å². The SMILES string of the molecule is CC(C)(C)O.CC(O)CO. The monoisotopic (exact) mass is 150 g/mol. The average molecular weight is 150 g/mol. The Morgan fingerprint density at radius 1 is 1.30 bits per heavy atom. The maximum Gasteiger partial charge on any atom is 0.0742 e. The zero-order valence-electron chi connectivity index (χ0n) is 7.13. The molecule has 64 valence electrons. The van der Waals surface area contributed by atoms with Crippen LogP contribution in [0.25, 0.3) is 0 Å². The second-order valence-corrected chi connectivity index (χ2v) is 3.20. The summed E-state index contributed by atoms with van der Waals surface area (Å²) in [5.74, 6) is 0. The smallest absolute Gasteiger partial charge is 0.0742 e. The Kier molecular flexibility index (Phi) is 7.09. The summed E-state index contributed by atoms with van der Waals surface area (Å²) in [6.45, 7) is 6.62. The molecule has 0 spiro atoms. The van der Waals surface area contributed by atoms with Gasteiger partial charge < -0.3 is 15.3 Å². The fraction of sp³-hybridized carbons (Fsp3) is 1.00. The molecule has 0 saturated heterocycles. The van der Waals surface area contributed by atoms with E-state index in [4.69, 9.17) is 15.3 Å². The highest BCUT2D eigenvalue weighted by molar-refractivity contribution is 4.50. The number of hydrogen-bond acceptors (Lipinski definition) is 3. The second kappa shape index (κ2) is 5.65. The van der Waals surface area contributed by atoms with E-state index in [0.717, 1.165) is 0 Å². The molecule has 1 atom stereocenters. The molecular formula is C7H18O3. The molecule has 0 radical (unpaired) electrons. The van der Waals surface area contributed by atoms with E-state index in [0.29, 0.717) is 0 Å². The van der Waals surface area contributed by atoms with Crippen molar-refractivity contribution in [1.29, 1.82) is 0 Å². The lowest BCUT2D eigenvalue weighted by Crippen LogP contribution is -2.10. The zero-order chi connectivity index (χ0) is 8.78. The molecule has 0 saturated carbocycles. The highest BCUT2D eigenvalue weighted by atomic mass is 16.3. The van der Waals surface area contributed by atoms with E-state index >= 15 is 0 Å². The van der Waals surface area contributed by atoms with E-state index in [2.05, 4.69) is 0 Å². The van der Waals surface area contributed by atoms with Crippen LogP contribution in [0.2, 0.25) is 0 Å². The summed E-state index contributed by atoms with van der Waals surface area (Å²) in [5, 5.41) is 24.5. The fourth-order valence-electron chi connectivity index (χ4n) is 0. The summed E-state index contributed by atoms with van der Waals surface area (Å²) in [7, 11) is 0. The molecule has 0 bridgehead atoms. The quantitative estimate of drug-likeness (QED) is 0.498. The van der Waals surface area contributed by atoms with Gasteiger partial charge in [0.2, 0.25) is 0 Å². The molecule has 0 amide bonds. The van der Waals surface area contributed by atoms with Gasteiger partial charge in [-0.3, -0.25) is 0 Å². The molecule has 0 aliphatic carbocycles. The van der Waals surface area contributed by atoms with Crippen LogP contribution in [0, 0.1) is 0 Å². The highest BCUT2D eigenvalue weighted by Gasteiger charge is 1.97. The molecule has 0 aromatic heterocycles. The number of aliphatic hydroxyl groups is 3. The molecule has 10 heavy (non-hydrogen) atoms. The lowest BCUT2D eigenvalue weighted by atomic mass is 10.2. The summed E-state index contributed by atoms with van der Waals surface area (Å²) in [6, 6.07) is 0. The molecule has 0 aromatic carbocycles. The van der Waals surface area contributed by atoms with E-state index in [1.54, 1.807) is 20.8 Å². The summed E-state index contributed by atoms with van der Waals surface area (Å²) < 4.78 is 0. The van der Waals surface area contributed by atoms with Gasteiger partial charge in [-0.05, 0) is 27.7 Å². The van der Waals surface area contributed by atoms with Crippen LogP contribution in [-0.4, -0.2) is 33.6 Å². The first-order valence-corrected chi connectivity index (χ1v) is 3.28. The molecule has 3 N–H and O–H groups in total. The van der Waals surface area contributed by atoms with Crippen molar-refractivity contribution < 1.29 is 15.3 Å². The van der Waals surface area contributed by atoms with Gasteiger partial charge in [0.15, 0.2) is 0 Å². The second-order valence-electron chi connectivity index (χ2n) is 3.20. The highest BCUT2D eigenvalue weighted by Crippen LogP contribution is 1.93. The van der Waals surface area contributed by atoms with Gasteiger partial charge >= 0.3 is 0 Å². The van der Waals surface area contributed by atoms with Crippen LogP contribution in [-0.2, 0) is 0 Å². The molecule has 0 aliphatic heterocycles. The minimum absolute atomic E-state index is 0.139. The molecule has 3 heteroatoms. The zero-order valence-corrected chi connectivity index (χ0v) is 7.13. The Balaban J connectivity index is 0. The summed E-state index contributed by atoms with van der Waals surface area (Å²) in [6.07, 6.45) is -0.560. The largest absolute Gasteiger partial charge is 0.394 e. The summed E-state index contributed by atoms with van der Waals surface area (Å²) in [5.41, 5.74) is -0.500. The molecule has 0 aliphatic rings. The van der Waals surface area contributed by atoms with Crippen molar-refractivity contribution in [3.63, 3.8) is 0 Å². The molecule has 1 unspecified atom stereocenters. The first-order valence-electron chi connectivity index (χ1n) is 3.28. The predicted octanol–water partition coefficient (Wildman–Crippen LogP) is 0.137. The Hall–Kier alpha value is -0.120. The lowest BCUT2D eigenvalue weighted by Gasteiger charge is -2.04. The summed E-state index contributed by atoms with van der Waals surface area (Å²) in [4.78, 5) is 0. The number of rotatable bonds is 1. The normalized spacial score (nSPS) is 13.5. The Labute approximate surface area is 62.3 Å². The third-order valence-corrected chi connectivity index (χ3v) is 0.264. The third-order valence-electron chi connectivity index (χ3n) is 0.264. The average Bonchev–Trinajstić information content (AvgIpc) is 1.61. The van der Waals surface area contributed by atoms with E-state index in [1.807, 2.05) is 0 Å². The molecule has 3 nitrogen and oxygen atoms in total. The fourth-order valence-corrected chi connectivity index (χ4v) is 0. The van der Waals surface area contributed by atoms with Crippen molar-refractivity contribution in [2.75, 3.05) is 6.61 Å². The number of aliphatic hydroxyl groups excluding tert-OH is 2. The topological polar surface area (TPSA) is 60.7 Å². The van der Waals surface area contributed by atoms with E-state index in [1.165, 1.54) is 6.92 Å². The molecule has 0 aromatic rings. The molecule has 0 fully saturated rings. The maximum absolute atomic E-state index is 8.52. The molecule has 0 heterocycles. The van der Waals surface area contributed by atoms with Crippen molar-refractivity contribution in [2.45, 2.75) is 39.4 Å². The van der Waals surface area contributed by atoms with Crippen LogP contribution in [0.1, 0.15) is 27.7 Å². The standard InChI is InChI=1S/C4H10O.C3H8O2/c1-4(2,3)5;1-3(5)2-4/h5H,1-3H3;3-5H,2H2,1H3. The first kappa shape index (κ1) is 12.5. The van der Waals surface area contributed by atoms with Crippen LogP contribution in [0.4, 0.5) is 0 Å². The molecule has 0 rings (SSSR count). The van der Waals surface area contributed by atoms with E-state index in [-0.39, 0.29) is 6.61 Å². The van der Waals surface area contributed by atoms with Gasteiger partial charge in [-0.25, -0.2) is 0 Å². The molecular weight excluding hydrogens is 132 g/mol. The van der Waals surface area contributed by atoms with Gasteiger partial charge in [0, 0.05) is 0 Å². The lowest BCUT2D eigenvalue weighted by molar-refractivity contribution is 0.102. The van der Waals surface area contributed by atoms with Crippen LogP contribution in [0.5, 0.6) is 0 Å². The Morgan fingerprint density at radius 3 is 1.40 bits per heavy atom. The first-order chi connectivity index (χ1) is 4.27. The third kappa shape index (κ3) is 106. The van der Waals surface area contributed by atoms with Gasteiger partial charge in [0.05, 0.1) is 18.3 Å². The van der Waals surface area contributed by atoms with Crippen LogP contribution < -0.4 is 0 Å². The van der Waals surface area contributed by atoms with Gasteiger partial charge in [-0.2, -0.15) is 0 Å². The minimum Gasteiger partial charge on any atom is -0.394 e. The Morgan fingerprint density at radius 2 is 1.40 bits per heavy atom.